The van der Waals surface area contributed by atoms with E-state index in [1.54, 1.807) is 11.3 Å². The molecular formula is C15H17N3OS2. The summed E-state index contributed by atoms with van der Waals surface area (Å²) in [6.45, 7) is 4.03. The van der Waals surface area contributed by atoms with Crippen LogP contribution in [0.15, 0.2) is 29.8 Å². The van der Waals surface area contributed by atoms with Gasteiger partial charge in [-0.2, -0.15) is 0 Å². The molecule has 3 heterocycles. The Hall–Kier alpha value is -1.53. The summed E-state index contributed by atoms with van der Waals surface area (Å²) in [6, 6.07) is 6.00. The molecule has 0 spiro atoms. The van der Waals surface area contributed by atoms with Crippen molar-refractivity contribution >= 4 is 27.8 Å². The predicted molar refractivity (Wildman–Crippen MR) is 87.2 cm³/mol. The highest BCUT2D eigenvalue weighted by atomic mass is 32.2. The van der Waals surface area contributed by atoms with Crippen molar-refractivity contribution in [3.05, 3.63) is 51.9 Å². The Labute approximate surface area is 130 Å². The van der Waals surface area contributed by atoms with E-state index in [1.807, 2.05) is 48.0 Å². The molecule has 3 aromatic heterocycles. The van der Waals surface area contributed by atoms with Gasteiger partial charge in [-0.1, -0.05) is 6.07 Å². The molecule has 0 fully saturated rings. The average molecular weight is 319 g/mol. The maximum absolute atomic E-state index is 12.2. The molecule has 21 heavy (non-hydrogen) atoms. The Kier molecular flexibility index (Phi) is 4.17. The minimum atomic E-state index is -0.907. The monoisotopic (exact) mass is 319 g/mol. The van der Waals surface area contributed by atoms with E-state index in [0.717, 1.165) is 34.2 Å². The van der Waals surface area contributed by atoms with Crippen LogP contribution >= 0.6 is 11.3 Å². The summed E-state index contributed by atoms with van der Waals surface area (Å²) >= 11 is 1.64. The van der Waals surface area contributed by atoms with Crippen LogP contribution in [0.1, 0.15) is 22.1 Å². The Morgan fingerprint density at radius 1 is 1.24 bits per heavy atom. The fourth-order valence-electron chi connectivity index (χ4n) is 2.25. The third kappa shape index (κ3) is 3.39. The number of nitrogens with zero attached hydrogens (tertiary/aromatic N) is 3. The highest BCUT2D eigenvalue weighted by molar-refractivity contribution is 7.84. The fourth-order valence-corrected chi connectivity index (χ4v) is 3.94. The topological polar surface area (TPSA) is 47.3 Å². The fraction of sp³-hybridized carbons (Fsp3) is 0.333. The van der Waals surface area contributed by atoms with Gasteiger partial charge in [0.15, 0.2) is 0 Å². The maximum Gasteiger partial charge on any atom is 0.137 e. The number of hydrogen-bond acceptors (Lipinski definition) is 4. The molecule has 0 saturated carbocycles. The quantitative estimate of drug-likeness (QED) is 0.726. The lowest BCUT2D eigenvalue weighted by Gasteiger charge is -1.98. The number of hydrogen-bond donors (Lipinski definition) is 0. The van der Waals surface area contributed by atoms with Crippen molar-refractivity contribution in [1.82, 2.24) is 14.4 Å². The van der Waals surface area contributed by atoms with Gasteiger partial charge in [-0.05, 0) is 26.0 Å². The molecule has 0 aliphatic rings. The van der Waals surface area contributed by atoms with E-state index in [1.165, 1.54) is 0 Å². The second-order valence-electron chi connectivity index (χ2n) is 5.02. The van der Waals surface area contributed by atoms with Gasteiger partial charge in [0.1, 0.15) is 5.65 Å². The minimum Gasteiger partial charge on any atom is -0.304 e. The molecule has 0 N–H and O–H groups in total. The third-order valence-corrected chi connectivity index (χ3v) is 5.41. The van der Waals surface area contributed by atoms with Crippen LogP contribution in [0.3, 0.4) is 0 Å². The number of aromatic nitrogens is 3. The van der Waals surface area contributed by atoms with Crippen molar-refractivity contribution in [2.24, 2.45) is 0 Å². The molecule has 3 rings (SSSR count). The first-order valence-electron chi connectivity index (χ1n) is 6.81. The van der Waals surface area contributed by atoms with E-state index >= 15 is 0 Å². The van der Waals surface area contributed by atoms with Crippen molar-refractivity contribution in [2.75, 3.05) is 5.75 Å². The van der Waals surface area contributed by atoms with Gasteiger partial charge >= 0.3 is 0 Å². The van der Waals surface area contributed by atoms with Gasteiger partial charge in [0, 0.05) is 40.2 Å². The maximum atomic E-state index is 12.2. The summed E-state index contributed by atoms with van der Waals surface area (Å²) in [5, 5.41) is 3.10. The van der Waals surface area contributed by atoms with E-state index in [4.69, 9.17) is 0 Å². The summed E-state index contributed by atoms with van der Waals surface area (Å²) < 4.78 is 14.2. The van der Waals surface area contributed by atoms with Crippen LogP contribution in [0, 0.1) is 13.8 Å². The van der Waals surface area contributed by atoms with Crippen LogP contribution in [0.5, 0.6) is 0 Å². The first kappa shape index (κ1) is 14.4. The van der Waals surface area contributed by atoms with Crippen LogP contribution in [-0.4, -0.2) is 24.3 Å². The first-order valence-corrected chi connectivity index (χ1v) is 9.18. The van der Waals surface area contributed by atoms with E-state index in [9.17, 15) is 4.21 Å². The Morgan fingerprint density at radius 2 is 2.10 bits per heavy atom. The number of imidazole rings is 1. The molecule has 0 aliphatic heterocycles. The Morgan fingerprint density at radius 3 is 2.81 bits per heavy atom. The number of thiazole rings is 1. The standard InChI is InChI=1S/C15H17N3OS2/c1-11-4-3-5-15-17-14(8-18(11)15)10-21(19)7-6-13-9-20-12(2)16-13/h3-5,8-9H,6-7,10H2,1-2H3/t21-/m1/s1. The highest BCUT2D eigenvalue weighted by Crippen LogP contribution is 2.12. The van der Waals surface area contributed by atoms with Crippen molar-refractivity contribution in [2.45, 2.75) is 26.0 Å². The lowest BCUT2D eigenvalue weighted by Crippen LogP contribution is -2.04. The lowest BCUT2D eigenvalue weighted by atomic mass is 10.4. The van der Waals surface area contributed by atoms with Crippen LogP contribution in [0.4, 0.5) is 0 Å². The number of pyridine rings is 1. The van der Waals surface area contributed by atoms with Crippen LogP contribution in [0.25, 0.3) is 5.65 Å². The molecule has 0 saturated heterocycles. The zero-order valence-electron chi connectivity index (χ0n) is 12.1. The van der Waals surface area contributed by atoms with Gasteiger partial charge in [0.2, 0.25) is 0 Å². The van der Waals surface area contributed by atoms with Crippen molar-refractivity contribution in [3.63, 3.8) is 0 Å². The molecule has 0 unspecified atom stereocenters. The first-order chi connectivity index (χ1) is 10.1. The van der Waals surface area contributed by atoms with Gasteiger partial charge in [0.25, 0.3) is 0 Å². The molecule has 1 atom stereocenters. The number of aryl methyl sites for hydroxylation is 3. The molecule has 0 aliphatic carbocycles. The molecule has 0 aromatic carbocycles. The molecule has 0 bridgehead atoms. The SMILES string of the molecule is Cc1nc(CC[S@@](=O)Cc2cn3c(C)cccc3n2)cs1. The zero-order valence-corrected chi connectivity index (χ0v) is 13.7. The molecule has 3 aromatic rings. The average Bonchev–Trinajstić information content (AvgIpc) is 3.03. The highest BCUT2D eigenvalue weighted by Gasteiger charge is 2.08. The summed E-state index contributed by atoms with van der Waals surface area (Å²) in [4.78, 5) is 8.93. The zero-order chi connectivity index (χ0) is 14.8. The molecule has 0 radical (unpaired) electrons. The summed E-state index contributed by atoms with van der Waals surface area (Å²) in [5.41, 5.74) is 3.97. The lowest BCUT2D eigenvalue weighted by molar-refractivity contribution is 0.681. The molecule has 110 valence electrons. The molecule has 0 amide bonds. The van der Waals surface area contributed by atoms with Gasteiger partial charge in [-0.15, -0.1) is 11.3 Å². The van der Waals surface area contributed by atoms with Crippen molar-refractivity contribution in [3.8, 4) is 0 Å². The largest absolute Gasteiger partial charge is 0.304 e. The van der Waals surface area contributed by atoms with E-state index in [0.29, 0.717) is 11.5 Å². The minimum absolute atomic E-state index is 0.504. The van der Waals surface area contributed by atoms with E-state index in [2.05, 4.69) is 9.97 Å². The number of fused-ring (bicyclic) bond motifs is 1. The van der Waals surface area contributed by atoms with Crippen molar-refractivity contribution < 1.29 is 4.21 Å². The smallest absolute Gasteiger partial charge is 0.137 e. The Bertz CT molecular complexity index is 791. The van der Waals surface area contributed by atoms with Crippen LogP contribution in [0.2, 0.25) is 0 Å². The van der Waals surface area contributed by atoms with E-state index in [-0.39, 0.29) is 0 Å². The van der Waals surface area contributed by atoms with Gasteiger partial charge in [0.05, 0.1) is 22.1 Å². The van der Waals surface area contributed by atoms with E-state index < -0.39 is 10.8 Å². The molecule has 4 nitrogen and oxygen atoms in total. The third-order valence-electron chi connectivity index (χ3n) is 3.31. The normalized spacial score (nSPS) is 12.9. The van der Waals surface area contributed by atoms with Crippen LogP contribution < -0.4 is 0 Å². The van der Waals surface area contributed by atoms with Gasteiger partial charge in [-0.3, -0.25) is 4.21 Å². The second-order valence-corrected chi connectivity index (χ2v) is 7.66. The Balaban J connectivity index is 1.64. The van der Waals surface area contributed by atoms with Crippen LogP contribution in [-0.2, 0) is 23.0 Å². The number of rotatable bonds is 5. The molecule has 6 heteroatoms. The van der Waals surface area contributed by atoms with Gasteiger partial charge in [-0.25, -0.2) is 9.97 Å². The van der Waals surface area contributed by atoms with Crippen molar-refractivity contribution in [1.29, 1.82) is 0 Å². The summed E-state index contributed by atoms with van der Waals surface area (Å²) in [7, 11) is -0.907. The second kappa shape index (κ2) is 6.07. The summed E-state index contributed by atoms with van der Waals surface area (Å²) in [5.74, 6) is 1.14. The van der Waals surface area contributed by atoms with Gasteiger partial charge < -0.3 is 4.40 Å². The molecular weight excluding hydrogens is 302 g/mol. The summed E-state index contributed by atoms with van der Waals surface area (Å²) in [6.07, 6.45) is 2.75. The predicted octanol–water partition coefficient (Wildman–Crippen LogP) is 2.90.